The van der Waals surface area contributed by atoms with Gasteiger partial charge in [0.05, 0.1) is 6.54 Å². The molecular weight excluding hydrogens is 318 g/mol. The van der Waals surface area contributed by atoms with Crippen LogP contribution in [0.2, 0.25) is 0 Å². The van der Waals surface area contributed by atoms with E-state index in [1.165, 1.54) is 6.26 Å². The van der Waals surface area contributed by atoms with Gasteiger partial charge in [-0.2, -0.15) is 0 Å². The Morgan fingerprint density at radius 1 is 1.28 bits per heavy atom. The molecule has 0 bridgehead atoms. The fraction of sp³-hybridized carbons (Fsp3) is 0.389. The van der Waals surface area contributed by atoms with Crippen LogP contribution in [0.5, 0.6) is 0 Å². The van der Waals surface area contributed by atoms with Gasteiger partial charge in [0, 0.05) is 38.8 Å². The zero-order valence-corrected chi connectivity index (χ0v) is 15.0. The number of nitrogens with zero attached hydrogens (tertiary/aromatic N) is 3. The third kappa shape index (κ3) is 5.95. The normalized spacial score (nSPS) is 11.2. The fourth-order valence-corrected chi connectivity index (χ4v) is 2.26. The van der Waals surface area contributed by atoms with Gasteiger partial charge >= 0.3 is 0 Å². The van der Waals surface area contributed by atoms with Crippen LogP contribution in [-0.4, -0.2) is 49.1 Å². The summed E-state index contributed by atoms with van der Waals surface area (Å²) < 4.78 is 4.80. The Kier molecular flexibility index (Phi) is 7.00. The number of aliphatic imine (C=N–C) groups is 1. The molecular formula is C18H25N5O2. The van der Waals surface area contributed by atoms with Crippen LogP contribution in [0.3, 0.4) is 0 Å². The van der Waals surface area contributed by atoms with Gasteiger partial charge in [0.1, 0.15) is 12.0 Å². The van der Waals surface area contributed by atoms with Crippen LogP contribution >= 0.6 is 0 Å². The summed E-state index contributed by atoms with van der Waals surface area (Å²) in [6.07, 6.45) is 2.33. The number of amides is 1. The summed E-state index contributed by atoms with van der Waals surface area (Å²) in [5, 5.41) is 10.3. The number of aromatic nitrogens is 1. The molecule has 0 saturated carbocycles. The van der Waals surface area contributed by atoms with Crippen molar-refractivity contribution in [1.82, 2.24) is 20.7 Å². The van der Waals surface area contributed by atoms with Crippen molar-refractivity contribution in [3.8, 4) is 0 Å². The molecule has 2 N–H and O–H groups in total. The van der Waals surface area contributed by atoms with Crippen LogP contribution in [0.15, 0.2) is 46.1 Å². The van der Waals surface area contributed by atoms with E-state index in [4.69, 9.17) is 4.52 Å². The van der Waals surface area contributed by atoms with Crippen molar-refractivity contribution in [3.63, 3.8) is 0 Å². The molecule has 0 fully saturated rings. The quantitative estimate of drug-likeness (QED) is 0.590. The first-order valence-corrected chi connectivity index (χ1v) is 8.32. The summed E-state index contributed by atoms with van der Waals surface area (Å²) >= 11 is 0. The Bertz CT molecular complexity index is 695. The van der Waals surface area contributed by atoms with Gasteiger partial charge in [-0.25, -0.2) is 4.99 Å². The fourth-order valence-electron chi connectivity index (χ4n) is 2.26. The highest BCUT2D eigenvalue weighted by molar-refractivity contribution is 5.94. The van der Waals surface area contributed by atoms with E-state index >= 15 is 0 Å². The number of nitrogens with one attached hydrogen (secondary N) is 2. The van der Waals surface area contributed by atoms with E-state index in [0.29, 0.717) is 18.7 Å². The lowest BCUT2D eigenvalue weighted by Gasteiger charge is -2.13. The van der Waals surface area contributed by atoms with Crippen molar-refractivity contribution in [2.45, 2.75) is 19.9 Å². The van der Waals surface area contributed by atoms with Gasteiger partial charge in [-0.1, -0.05) is 17.3 Å². The molecule has 7 heteroatoms. The average Bonchev–Trinajstić information content (AvgIpc) is 3.12. The van der Waals surface area contributed by atoms with E-state index in [9.17, 15) is 4.79 Å². The predicted molar refractivity (Wildman–Crippen MR) is 97.5 cm³/mol. The molecule has 0 saturated heterocycles. The van der Waals surface area contributed by atoms with Crippen molar-refractivity contribution < 1.29 is 9.32 Å². The molecule has 1 heterocycles. The Morgan fingerprint density at radius 2 is 2.12 bits per heavy atom. The third-order valence-corrected chi connectivity index (χ3v) is 3.52. The molecule has 1 amide bonds. The van der Waals surface area contributed by atoms with E-state index in [1.54, 1.807) is 25.1 Å². The van der Waals surface area contributed by atoms with E-state index in [2.05, 4.69) is 20.8 Å². The number of benzene rings is 1. The van der Waals surface area contributed by atoms with Crippen molar-refractivity contribution in [3.05, 3.63) is 53.4 Å². The summed E-state index contributed by atoms with van der Waals surface area (Å²) in [6, 6.07) is 9.50. The average molecular weight is 343 g/mol. The summed E-state index contributed by atoms with van der Waals surface area (Å²) in [4.78, 5) is 18.1. The first-order chi connectivity index (χ1) is 12.1. The van der Waals surface area contributed by atoms with Crippen LogP contribution in [0.4, 0.5) is 0 Å². The van der Waals surface area contributed by atoms with Gasteiger partial charge in [-0.15, -0.1) is 0 Å². The number of hydrogen-bond donors (Lipinski definition) is 2. The maximum absolute atomic E-state index is 12.0. The smallest absolute Gasteiger partial charge is 0.253 e. The molecule has 1 aromatic heterocycles. The molecule has 7 nitrogen and oxygen atoms in total. The maximum Gasteiger partial charge on any atom is 0.253 e. The van der Waals surface area contributed by atoms with E-state index in [1.807, 2.05) is 31.2 Å². The Labute approximate surface area is 148 Å². The highest BCUT2D eigenvalue weighted by Gasteiger charge is 2.08. The zero-order valence-electron chi connectivity index (χ0n) is 15.0. The minimum absolute atomic E-state index is 0.0114. The lowest BCUT2D eigenvalue weighted by Crippen LogP contribution is -2.38. The van der Waals surface area contributed by atoms with Crippen LogP contribution < -0.4 is 10.6 Å². The number of carbonyl (C=O) groups is 1. The largest absolute Gasteiger partial charge is 0.364 e. The second-order valence-electron chi connectivity index (χ2n) is 5.76. The molecule has 134 valence electrons. The second-order valence-corrected chi connectivity index (χ2v) is 5.76. The first kappa shape index (κ1) is 18.5. The molecule has 0 aliphatic carbocycles. The second kappa shape index (κ2) is 9.46. The highest BCUT2D eigenvalue weighted by Crippen LogP contribution is 2.07. The number of guanidine groups is 1. The SMILES string of the molecule is CCNC(=NCc1ccon1)NCCc1cccc(C(=O)N(C)C)c1. The van der Waals surface area contributed by atoms with Crippen molar-refractivity contribution in [2.24, 2.45) is 4.99 Å². The van der Waals surface area contributed by atoms with Crippen molar-refractivity contribution >= 4 is 11.9 Å². The molecule has 0 atom stereocenters. The summed E-state index contributed by atoms with van der Waals surface area (Å²) in [5.41, 5.74) is 2.59. The van der Waals surface area contributed by atoms with E-state index in [-0.39, 0.29) is 5.91 Å². The Morgan fingerprint density at radius 3 is 2.80 bits per heavy atom. The van der Waals surface area contributed by atoms with Gasteiger partial charge in [-0.3, -0.25) is 4.79 Å². The molecule has 2 rings (SSSR count). The predicted octanol–water partition coefficient (Wildman–Crippen LogP) is 1.67. The lowest BCUT2D eigenvalue weighted by atomic mass is 10.1. The number of hydrogen-bond acceptors (Lipinski definition) is 4. The molecule has 0 aliphatic rings. The van der Waals surface area contributed by atoms with Crippen molar-refractivity contribution in [2.75, 3.05) is 27.2 Å². The van der Waals surface area contributed by atoms with Gasteiger partial charge in [0.15, 0.2) is 5.96 Å². The molecule has 0 unspecified atom stereocenters. The molecule has 0 spiro atoms. The minimum Gasteiger partial charge on any atom is -0.364 e. The van der Waals surface area contributed by atoms with Crippen LogP contribution in [0.25, 0.3) is 0 Å². The Balaban J connectivity index is 1.90. The summed E-state index contributed by atoms with van der Waals surface area (Å²) in [6.45, 7) is 3.96. The number of carbonyl (C=O) groups excluding carboxylic acids is 1. The third-order valence-electron chi connectivity index (χ3n) is 3.52. The van der Waals surface area contributed by atoms with Crippen molar-refractivity contribution in [1.29, 1.82) is 0 Å². The molecule has 1 aromatic carbocycles. The lowest BCUT2D eigenvalue weighted by molar-refractivity contribution is 0.0827. The van der Waals surface area contributed by atoms with E-state index < -0.39 is 0 Å². The van der Waals surface area contributed by atoms with Crippen LogP contribution in [0.1, 0.15) is 28.5 Å². The minimum atomic E-state index is 0.0114. The highest BCUT2D eigenvalue weighted by atomic mass is 16.5. The molecule has 0 aliphatic heterocycles. The zero-order chi connectivity index (χ0) is 18.1. The summed E-state index contributed by atoms with van der Waals surface area (Å²) in [5.74, 6) is 0.739. The van der Waals surface area contributed by atoms with Gasteiger partial charge in [-0.05, 0) is 31.0 Å². The molecule has 0 radical (unpaired) electrons. The molecule has 25 heavy (non-hydrogen) atoms. The number of rotatable bonds is 7. The van der Waals surface area contributed by atoms with Gasteiger partial charge in [0.2, 0.25) is 0 Å². The standard InChI is InChI=1S/C18H25N5O2/c1-4-19-18(21-13-16-9-11-25-22-16)20-10-8-14-6-5-7-15(12-14)17(24)23(2)3/h5-7,9,11-12H,4,8,10,13H2,1-3H3,(H2,19,20,21). The Hall–Kier alpha value is -2.83. The van der Waals surface area contributed by atoms with Crippen LogP contribution in [-0.2, 0) is 13.0 Å². The van der Waals surface area contributed by atoms with E-state index in [0.717, 1.165) is 30.2 Å². The van der Waals surface area contributed by atoms with Crippen LogP contribution in [0, 0.1) is 0 Å². The molecule has 2 aromatic rings. The van der Waals surface area contributed by atoms with Gasteiger partial charge in [0.25, 0.3) is 5.91 Å². The van der Waals surface area contributed by atoms with Gasteiger partial charge < -0.3 is 20.1 Å². The topological polar surface area (TPSA) is 82.8 Å². The maximum atomic E-state index is 12.0. The summed E-state index contributed by atoms with van der Waals surface area (Å²) in [7, 11) is 3.51. The monoisotopic (exact) mass is 343 g/mol. The first-order valence-electron chi connectivity index (χ1n) is 8.32.